The van der Waals surface area contributed by atoms with Crippen molar-refractivity contribution in [2.24, 2.45) is 0 Å². The third-order valence-electron chi connectivity index (χ3n) is 2.67. The van der Waals surface area contributed by atoms with E-state index in [1.165, 1.54) is 12.1 Å². The monoisotopic (exact) mass is 313 g/mol. The second-order valence-electron chi connectivity index (χ2n) is 5.86. The number of alkyl carbamates (subject to hydrolysis) is 1. The van der Waals surface area contributed by atoms with E-state index in [1.54, 1.807) is 26.8 Å². The van der Waals surface area contributed by atoms with E-state index in [0.29, 0.717) is 25.1 Å². The van der Waals surface area contributed by atoms with Gasteiger partial charge in [-0.25, -0.2) is 9.18 Å². The summed E-state index contributed by atoms with van der Waals surface area (Å²) in [7, 11) is 0. The second kappa shape index (κ2) is 8.58. The van der Waals surface area contributed by atoms with Gasteiger partial charge in [-0.05, 0) is 45.2 Å². The third kappa shape index (κ3) is 7.26. The van der Waals surface area contributed by atoms with Gasteiger partial charge in [0.1, 0.15) is 23.8 Å². The lowest BCUT2D eigenvalue weighted by atomic mass is 10.1. The fourth-order valence-electron chi connectivity index (χ4n) is 1.81. The average Bonchev–Trinajstić information content (AvgIpc) is 2.41. The first-order valence-electron chi connectivity index (χ1n) is 7.31. The number of aryl methyl sites for hydroxylation is 1. The van der Waals surface area contributed by atoms with Crippen LogP contribution in [0, 0.1) is 5.82 Å². The van der Waals surface area contributed by atoms with Gasteiger partial charge < -0.3 is 19.9 Å². The first-order valence-corrected chi connectivity index (χ1v) is 7.31. The standard InChI is InChI=1S/C16H24FNO4/c1-16(2,3)22-15(20)18-8-4-5-12-6-7-13(17)11-14(12)21-10-9-19/h6-7,11,19H,4-5,8-10H2,1-3H3,(H,18,20). The number of benzene rings is 1. The van der Waals surface area contributed by atoms with E-state index in [-0.39, 0.29) is 19.0 Å². The lowest BCUT2D eigenvalue weighted by Gasteiger charge is -2.19. The molecule has 0 fully saturated rings. The van der Waals surface area contributed by atoms with Crippen molar-refractivity contribution in [1.82, 2.24) is 5.32 Å². The quantitative estimate of drug-likeness (QED) is 0.759. The molecule has 0 aliphatic rings. The minimum absolute atomic E-state index is 0.118. The van der Waals surface area contributed by atoms with Gasteiger partial charge >= 0.3 is 6.09 Å². The topological polar surface area (TPSA) is 67.8 Å². The van der Waals surface area contributed by atoms with Crippen molar-refractivity contribution in [2.75, 3.05) is 19.8 Å². The van der Waals surface area contributed by atoms with Gasteiger partial charge in [0.25, 0.3) is 0 Å². The molecule has 5 nitrogen and oxygen atoms in total. The molecule has 1 amide bonds. The zero-order chi connectivity index (χ0) is 16.6. The molecule has 0 aliphatic heterocycles. The molecule has 0 unspecified atom stereocenters. The maximum absolute atomic E-state index is 13.2. The van der Waals surface area contributed by atoms with Crippen molar-refractivity contribution in [2.45, 2.75) is 39.2 Å². The van der Waals surface area contributed by atoms with Gasteiger partial charge in [-0.3, -0.25) is 0 Å². The Morgan fingerprint density at radius 2 is 2.09 bits per heavy atom. The molecule has 0 atom stereocenters. The molecule has 0 saturated carbocycles. The van der Waals surface area contributed by atoms with E-state index >= 15 is 0 Å². The molecule has 0 aliphatic carbocycles. The fraction of sp³-hybridized carbons (Fsp3) is 0.562. The summed E-state index contributed by atoms with van der Waals surface area (Å²) in [5.74, 6) is 0.0369. The minimum Gasteiger partial charge on any atom is -0.491 e. The molecule has 6 heteroatoms. The summed E-state index contributed by atoms with van der Waals surface area (Å²) in [5, 5.41) is 11.4. The van der Waals surface area contributed by atoms with Gasteiger partial charge in [0.15, 0.2) is 0 Å². The summed E-state index contributed by atoms with van der Waals surface area (Å²) in [6.45, 7) is 5.84. The number of aliphatic hydroxyl groups excluding tert-OH is 1. The van der Waals surface area contributed by atoms with Gasteiger partial charge in [-0.1, -0.05) is 6.07 Å². The summed E-state index contributed by atoms with van der Waals surface area (Å²) >= 11 is 0. The van der Waals surface area contributed by atoms with Crippen molar-refractivity contribution >= 4 is 6.09 Å². The molecule has 1 rings (SSSR count). The van der Waals surface area contributed by atoms with Crippen LogP contribution in [0.2, 0.25) is 0 Å². The summed E-state index contributed by atoms with van der Waals surface area (Å²) < 4.78 is 23.6. The zero-order valence-corrected chi connectivity index (χ0v) is 13.3. The number of carbonyl (C=O) groups is 1. The normalized spacial score (nSPS) is 11.1. The molecule has 1 aromatic carbocycles. The van der Waals surface area contributed by atoms with Crippen LogP contribution < -0.4 is 10.1 Å². The van der Waals surface area contributed by atoms with Gasteiger partial charge in [0, 0.05) is 12.6 Å². The van der Waals surface area contributed by atoms with Gasteiger partial charge in [0.2, 0.25) is 0 Å². The van der Waals surface area contributed by atoms with Gasteiger partial charge in [-0.2, -0.15) is 0 Å². The largest absolute Gasteiger partial charge is 0.491 e. The summed E-state index contributed by atoms with van der Waals surface area (Å²) in [4.78, 5) is 11.5. The Morgan fingerprint density at radius 1 is 1.36 bits per heavy atom. The lowest BCUT2D eigenvalue weighted by molar-refractivity contribution is 0.0527. The van der Waals surface area contributed by atoms with Gasteiger partial charge in [-0.15, -0.1) is 0 Å². The van der Waals surface area contributed by atoms with E-state index in [1.807, 2.05) is 0 Å². The van der Waals surface area contributed by atoms with Crippen molar-refractivity contribution < 1.29 is 23.8 Å². The molecule has 1 aromatic rings. The highest BCUT2D eigenvalue weighted by molar-refractivity contribution is 5.67. The molecule has 0 saturated heterocycles. The van der Waals surface area contributed by atoms with Crippen LogP contribution in [0.4, 0.5) is 9.18 Å². The van der Waals surface area contributed by atoms with E-state index in [9.17, 15) is 9.18 Å². The Hall–Kier alpha value is -1.82. The molecule has 0 radical (unpaired) electrons. The Labute approximate surface area is 130 Å². The van der Waals surface area contributed by atoms with Crippen molar-refractivity contribution in [1.29, 1.82) is 0 Å². The maximum atomic E-state index is 13.2. The summed E-state index contributed by atoms with van der Waals surface area (Å²) in [6, 6.07) is 4.31. The molecular formula is C16H24FNO4. The number of hydrogen-bond acceptors (Lipinski definition) is 4. The number of carbonyl (C=O) groups excluding carboxylic acids is 1. The van der Waals surface area contributed by atoms with Crippen LogP contribution in [-0.2, 0) is 11.2 Å². The summed E-state index contributed by atoms with van der Waals surface area (Å²) in [5.41, 5.74) is 0.313. The van der Waals surface area contributed by atoms with Gasteiger partial charge in [0.05, 0.1) is 6.61 Å². The molecule has 0 spiro atoms. The smallest absolute Gasteiger partial charge is 0.407 e. The molecule has 2 N–H and O–H groups in total. The van der Waals surface area contributed by atoms with Crippen molar-refractivity contribution in [3.8, 4) is 5.75 Å². The Bertz CT molecular complexity index is 486. The average molecular weight is 313 g/mol. The zero-order valence-electron chi connectivity index (χ0n) is 13.3. The Kier molecular flexibility index (Phi) is 7.11. The van der Waals surface area contributed by atoms with Crippen LogP contribution in [-0.4, -0.2) is 36.6 Å². The van der Waals surface area contributed by atoms with Crippen LogP contribution in [0.5, 0.6) is 5.75 Å². The maximum Gasteiger partial charge on any atom is 0.407 e. The van der Waals surface area contributed by atoms with E-state index in [2.05, 4.69) is 5.32 Å². The third-order valence-corrected chi connectivity index (χ3v) is 2.67. The van der Waals surface area contributed by atoms with Crippen molar-refractivity contribution in [3.63, 3.8) is 0 Å². The number of aliphatic hydroxyl groups is 1. The van der Waals surface area contributed by atoms with E-state index in [4.69, 9.17) is 14.6 Å². The van der Waals surface area contributed by atoms with Crippen LogP contribution in [0.3, 0.4) is 0 Å². The predicted molar refractivity (Wildman–Crippen MR) is 81.5 cm³/mol. The second-order valence-corrected chi connectivity index (χ2v) is 5.86. The molecule has 0 aromatic heterocycles. The molecule has 0 bridgehead atoms. The number of hydrogen-bond donors (Lipinski definition) is 2. The number of amides is 1. The highest BCUT2D eigenvalue weighted by atomic mass is 19.1. The molecule has 22 heavy (non-hydrogen) atoms. The van der Waals surface area contributed by atoms with Crippen LogP contribution >= 0.6 is 0 Å². The van der Waals surface area contributed by atoms with Crippen LogP contribution in [0.1, 0.15) is 32.8 Å². The number of halogens is 1. The highest BCUT2D eigenvalue weighted by Crippen LogP contribution is 2.21. The van der Waals surface area contributed by atoms with Crippen LogP contribution in [0.25, 0.3) is 0 Å². The highest BCUT2D eigenvalue weighted by Gasteiger charge is 2.15. The summed E-state index contributed by atoms with van der Waals surface area (Å²) in [6.07, 6.45) is 0.834. The Morgan fingerprint density at radius 3 is 2.73 bits per heavy atom. The number of rotatable bonds is 7. The van der Waals surface area contributed by atoms with Crippen molar-refractivity contribution in [3.05, 3.63) is 29.6 Å². The lowest BCUT2D eigenvalue weighted by Crippen LogP contribution is -2.33. The Balaban J connectivity index is 2.43. The first-order chi connectivity index (χ1) is 10.3. The van der Waals surface area contributed by atoms with Crippen LogP contribution in [0.15, 0.2) is 18.2 Å². The van der Waals surface area contributed by atoms with E-state index in [0.717, 1.165) is 5.56 Å². The minimum atomic E-state index is -0.521. The number of nitrogens with one attached hydrogen (secondary N) is 1. The predicted octanol–water partition coefficient (Wildman–Crippen LogP) is 2.65. The molecular weight excluding hydrogens is 289 g/mol. The molecule has 0 heterocycles. The van der Waals surface area contributed by atoms with E-state index < -0.39 is 11.7 Å². The molecule has 124 valence electrons. The first kappa shape index (κ1) is 18.2. The SMILES string of the molecule is CC(C)(C)OC(=O)NCCCc1ccc(F)cc1OCCO. The number of ether oxygens (including phenoxy) is 2. The fourth-order valence-corrected chi connectivity index (χ4v) is 1.81.